The highest BCUT2D eigenvalue weighted by molar-refractivity contribution is 5.91. The second kappa shape index (κ2) is 20.5. The number of ether oxygens (including phenoxy) is 3. The quantitative estimate of drug-likeness (QED) is 0.170. The summed E-state index contributed by atoms with van der Waals surface area (Å²) in [5.41, 5.74) is 1.61. The highest BCUT2D eigenvalue weighted by atomic mass is 16.5. The lowest BCUT2D eigenvalue weighted by molar-refractivity contribution is -0.134. The minimum absolute atomic E-state index is 0.0158. The predicted molar refractivity (Wildman–Crippen MR) is 204 cm³/mol. The second-order valence-electron chi connectivity index (χ2n) is 14.8. The Bertz CT molecular complexity index is 1630. The number of amides is 4. The molecule has 2 heterocycles. The topological polar surface area (TPSA) is 176 Å². The maximum absolute atomic E-state index is 14.2. The molecule has 54 heavy (non-hydrogen) atoms. The number of alkyl carbamates (subject to hydrolysis) is 1. The predicted octanol–water partition coefficient (Wildman–Crippen LogP) is 3.24. The molecule has 2 aliphatic rings. The summed E-state index contributed by atoms with van der Waals surface area (Å²) in [5.74, 6) is -1.25. The summed E-state index contributed by atoms with van der Waals surface area (Å²) >= 11 is 0. The molecule has 0 saturated carbocycles. The van der Waals surface area contributed by atoms with Crippen molar-refractivity contribution in [1.82, 2.24) is 26.6 Å². The normalized spacial score (nSPS) is 19.2. The summed E-state index contributed by atoms with van der Waals surface area (Å²) in [6, 6.07) is 21.4. The van der Waals surface area contributed by atoms with Crippen LogP contribution in [0.15, 0.2) is 84.9 Å². The molecule has 0 aliphatic carbocycles. The van der Waals surface area contributed by atoms with E-state index in [0.717, 1.165) is 16.7 Å². The third-order valence-electron chi connectivity index (χ3n) is 9.00. The SMILES string of the molecule is CC(C)C1NC(=O)[C@@H](C(O)[C@H](Cc2ccccc2)NC(=O)[C@@H](NC(=O)OCc2ccccc2)C(C)(C)C)NCc2ccc(cc2)OCCOCCNC1=O. The van der Waals surface area contributed by atoms with Crippen LogP contribution in [0.5, 0.6) is 5.75 Å². The molecule has 2 bridgehead atoms. The second-order valence-corrected chi connectivity index (χ2v) is 14.8. The number of benzene rings is 3. The van der Waals surface area contributed by atoms with Crippen molar-refractivity contribution in [3.8, 4) is 5.75 Å². The molecule has 13 nitrogen and oxygen atoms in total. The average Bonchev–Trinajstić information content (AvgIpc) is 3.14. The van der Waals surface area contributed by atoms with Gasteiger partial charge in [0.2, 0.25) is 17.7 Å². The van der Waals surface area contributed by atoms with Crippen LogP contribution >= 0.6 is 0 Å². The van der Waals surface area contributed by atoms with Crippen molar-refractivity contribution in [2.45, 2.75) is 84.5 Å². The van der Waals surface area contributed by atoms with E-state index in [2.05, 4.69) is 26.6 Å². The molecule has 13 heteroatoms. The monoisotopic (exact) mass is 745 g/mol. The van der Waals surface area contributed by atoms with Crippen LogP contribution in [0.3, 0.4) is 0 Å². The first kappa shape index (κ1) is 41.8. The van der Waals surface area contributed by atoms with Crippen LogP contribution in [0.1, 0.15) is 51.3 Å². The van der Waals surface area contributed by atoms with Gasteiger partial charge in [-0.05, 0) is 46.6 Å². The van der Waals surface area contributed by atoms with Crippen LogP contribution in [-0.2, 0) is 43.4 Å². The van der Waals surface area contributed by atoms with Crippen molar-refractivity contribution in [1.29, 1.82) is 0 Å². The Hall–Kier alpha value is -4.98. The maximum atomic E-state index is 14.2. The minimum atomic E-state index is -1.50. The molecule has 3 aromatic carbocycles. The van der Waals surface area contributed by atoms with E-state index in [9.17, 15) is 24.3 Å². The fourth-order valence-electron chi connectivity index (χ4n) is 5.94. The molecule has 4 amide bonds. The summed E-state index contributed by atoms with van der Waals surface area (Å²) in [4.78, 5) is 54.6. The standard InChI is InChI=1S/C41H55N5O8/c1-27(2)33-37(48)42-20-21-52-22-23-53-31-18-16-29(17-19-31)25-43-34(38(49)45-33)35(47)32(24-28-12-8-6-9-13-28)44-39(50)36(41(3,4)5)46-40(51)54-26-30-14-10-7-11-15-30/h6-19,27,32-36,43,47H,20-26H2,1-5H3,(H,42,48)(H,44,50)(H,45,49)(H,46,51)/t32-,33?,34+,35?,36+/m0/s1. The first-order chi connectivity index (χ1) is 25.8. The summed E-state index contributed by atoms with van der Waals surface area (Å²) in [6.07, 6.45) is -2.13. The van der Waals surface area contributed by atoms with Crippen LogP contribution in [0.2, 0.25) is 0 Å². The molecule has 5 rings (SSSR count). The van der Waals surface area contributed by atoms with Crippen LogP contribution in [0.4, 0.5) is 4.79 Å². The van der Waals surface area contributed by atoms with E-state index in [1.807, 2.05) is 98.8 Å². The number of aliphatic hydroxyl groups is 1. The molecular formula is C41H55N5O8. The van der Waals surface area contributed by atoms with Crippen molar-refractivity contribution in [3.63, 3.8) is 0 Å². The summed E-state index contributed by atoms with van der Waals surface area (Å²) < 4.78 is 16.8. The van der Waals surface area contributed by atoms with Crippen molar-refractivity contribution in [3.05, 3.63) is 102 Å². The lowest BCUT2D eigenvalue weighted by Crippen LogP contribution is -2.64. The molecule has 0 saturated heterocycles. The van der Waals surface area contributed by atoms with Crippen LogP contribution in [-0.4, -0.2) is 85.6 Å². The molecule has 0 radical (unpaired) electrons. The molecule has 0 fully saturated rings. The summed E-state index contributed by atoms with van der Waals surface area (Å²) in [6.45, 7) is 10.4. The van der Waals surface area contributed by atoms with Gasteiger partial charge in [-0.25, -0.2) is 4.79 Å². The molecule has 2 unspecified atom stereocenters. The minimum Gasteiger partial charge on any atom is -0.491 e. The van der Waals surface area contributed by atoms with Gasteiger partial charge in [0.15, 0.2) is 0 Å². The van der Waals surface area contributed by atoms with Crippen molar-refractivity contribution >= 4 is 23.8 Å². The van der Waals surface area contributed by atoms with Gasteiger partial charge in [0.25, 0.3) is 0 Å². The Morgan fingerprint density at radius 2 is 1.50 bits per heavy atom. The first-order valence-corrected chi connectivity index (χ1v) is 18.4. The van der Waals surface area contributed by atoms with E-state index in [1.165, 1.54) is 0 Å². The van der Waals surface area contributed by atoms with E-state index < -0.39 is 59.5 Å². The zero-order valence-corrected chi connectivity index (χ0v) is 31.8. The van der Waals surface area contributed by atoms with E-state index in [1.54, 1.807) is 20.8 Å². The highest BCUT2D eigenvalue weighted by Crippen LogP contribution is 2.21. The lowest BCUT2D eigenvalue weighted by atomic mass is 9.85. The van der Waals surface area contributed by atoms with Gasteiger partial charge < -0.3 is 40.6 Å². The summed E-state index contributed by atoms with van der Waals surface area (Å²) in [5, 5.41) is 26.7. The fourth-order valence-corrected chi connectivity index (χ4v) is 5.94. The van der Waals surface area contributed by atoms with Crippen molar-refractivity contribution in [2.24, 2.45) is 11.3 Å². The number of hydrogen-bond acceptors (Lipinski definition) is 9. The number of rotatable bonds is 10. The lowest BCUT2D eigenvalue weighted by Gasteiger charge is -2.35. The molecule has 5 atom stereocenters. The third-order valence-corrected chi connectivity index (χ3v) is 9.00. The van der Waals surface area contributed by atoms with E-state index in [0.29, 0.717) is 19.0 Å². The number of carbonyl (C=O) groups excluding carboxylic acids is 4. The van der Waals surface area contributed by atoms with E-state index >= 15 is 0 Å². The number of carbonyl (C=O) groups is 4. The first-order valence-electron chi connectivity index (χ1n) is 18.4. The van der Waals surface area contributed by atoms with E-state index in [4.69, 9.17) is 14.2 Å². The Kier molecular flexibility index (Phi) is 15.8. The highest BCUT2D eigenvalue weighted by Gasteiger charge is 2.39. The Morgan fingerprint density at radius 3 is 2.13 bits per heavy atom. The van der Waals surface area contributed by atoms with Gasteiger partial charge in [-0.1, -0.05) is 107 Å². The number of hydrogen-bond donors (Lipinski definition) is 6. The third kappa shape index (κ3) is 13.2. The zero-order valence-electron chi connectivity index (χ0n) is 31.8. The van der Waals surface area contributed by atoms with Crippen LogP contribution in [0, 0.1) is 11.3 Å². The maximum Gasteiger partial charge on any atom is 0.408 e. The Morgan fingerprint density at radius 1 is 0.852 bits per heavy atom. The van der Waals surface area contributed by atoms with Gasteiger partial charge in [-0.15, -0.1) is 0 Å². The van der Waals surface area contributed by atoms with Gasteiger partial charge in [0.1, 0.15) is 37.1 Å². The molecular weight excluding hydrogens is 690 g/mol. The number of nitrogens with one attached hydrogen (secondary N) is 5. The largest absolute Gasteiger partial charge is 0.491 e. The smallest absolute Gasteiger partial charge is 0.408 e. The molecule has 2 aliphatic heterocycles. The van der Waals surface area contributed by atoms with E-state index in [-0.39, 0.29) is 38.6 Å². The van der Waals surface area contributed by atoms with Crippen molar-refractivity contribution in [2.75, 3.05) is 26.4 Å². The van der Waals surface area contributed by atoms with Gasteiger partial charge >= 0.3 is 6.09 Å². The molecule has 0 spiro atoms. The number of fused-ring (bicyclic) bond motifs is 15. The average molecular weight is 746 g/mol. The zero-order chi connectivity index (χ0) is 39.1. The fraction of sp³-hybridized carbons (Fsp3) is 0.463. The molecule has 292 valence electrons. The van der Waals surface area contributed by atoms with Gasteiger partial charge in [0.05, 0.1) is 25.4 Å². The van der Waals surface area contributed by atoms with Crippen LogP contribution < -0.4 is 31.3 Å². The van der Waals surface area contributed by atoms with Crippen LogP contribution in [0.25, 0.3) is 0 Å². The summed E-state index contributed by atoms with van der Waals surface area (Å²) in [7, 11) is 0. The van der Waals surface area contributed by atoms with Gasteiger partial charge in [-0.3, -0.25) is 19.7 Å². The van der Waals surface area contributed by atoms with Crippen molar-refractivity contribution < 1.29 is 38.5 Å². The number of aliphatic hydroxyl groups excluding tert-OH is 1. The molecule has 0 aromatic heterocycles. The van der Waals surface area contributed by atoms with Gasteiger partial charge in [-0.2, -0.15) is 0 Å². The van der Waals surface area contributed by atoms with Gasteiger partial charge in [0, 0.05) is 13.1 Å². The molecule has 3 aromatic rings. The Balaban J connectivity index is 1.62. The molecule has 6 N–H and O–H groups in total. The Labute approximate surface area is 317 Å².